The lowest BCUT2D eigenvalue weighted by atomic mass is 10.1. The molecule has 0 aliphatic carbocycles. The molecule has 1 atom stereocenters. The molecule has 0 saturated carbocycles. The van der Waals surface area contributed by atoms with E-state index >= 15 is 0 Å². The first-order chi connectivity index (χ1) is 14.9. The largest absolute Gasteiger partial charge is 0.497 e. The number of carbonyl (C=O) groups excluding carboxylic acids is 2. The van der Waals surface area contributed by atoms with Gasteiger partial charge in [0.15, 0.2) is 11.5 Å². The van der Waals surface area contributed by atoms with E-state index in [1.165, 1.54) is 6.21 Å². The monoisotopic (exact) mass is 539 g/mol. The Hall–Kier alpha value is -2.82. The molecule has 0 heterocycles. The molecular formula is C22H26IN3O5. The van der Waals surface area contributed by atoms with Crippen LogP contribution in [0.4, 0.5) is 0 Å². The van der Waals surface area contributed by atoms with Crippen LogP contribution in [0, 0.1) is 3.57 Å². The Morgan fingerprint density at radius 3 is 2.48 bits per heavy atom. The summed E-state index contributed by atoms with van der Waals surface area (Å²) in [4.78, 5) is 24.4. The van der Waals surface area contributed by atoms with Crippen LogP contribution in [0.2, 0.25) is 0 Å². The van der Waals surface area contributed by atoms with Gasteiger partial charge >= 0.3 is 0 Å². The van der Waals surface area contributed by atoms with Crippen LogP contribution in [0.15, 0.2) is 41.5 Å². The Morgan fingerprint density at radius 2 is 1.87 bits per heavy atom. The zero-order valence-corrected chi connectivity index (χ0v) is 20.1. The second kappa shape index (κ2) is 12.1. The predicted molar refractivity (Wildman–Crippen MR) is 127 cm³/mol. The third-order valence-corrected chi connectivity index (χ3v) is 5.02. The smallest absolute Gasteiger partial charge is 0.262 e. The van der Waals surface area contributed by atoms with Gasteiger partial charge in [0.1, 0.15) is 11.8 Å². The maximum absolute atomic E-state index is 12.2. The first-order valence-electron chi connectivity index (χ1n) is 9.63. The number of hydrogen-bond acceptors (Lipinski definition) is 6. The van der Waals surface area contributed by atoms with Crippen LogP contribution in [-0.2, 0) is 16.0 Å². The second-order valence-corrected chi connectivity index (χ2v) is 7.68. The predicted octanol–water partition coefficient (Wildman–Crippen LogP) is 2.90. The van der Waals surface area contributed by atoms with E-state index in [4.69, 9.17) is 14.2 Å². The Balaban J connectivity index is 1.90. The normalized spacial score (nSPS) is 11.6. The Morgan fingerprint density at radius 1 is 1.16 bits per heavy atom. The summed E-state index contributed by atoms with van der Waals surface area (Å²) in [5, 5.41) is 6.64. The molecule has 9 heteroatoms. The average Bonchev–Trinajstić information content (AvgIpc) is 2.74. The van der Waals surface area contributed by atoms with E-state index in [0.29, 0.717) is 18.1 Å². The van der Waals surface area contributed by atoms with Gasteiger partial charge in [-0.1, -0.05) is 12.1 Å². The van der Waals surface area contributed by atoms with Gasteiger partial charge in [-0.2, -0.15) is 5.10 Å². The molecule has 0 spiro atoms. The molecule has 0 bridgehead atoms. The molecule has 1 unspecified atom stereocenters. The minimum atomic E-state index is -0.738. The molecular weight excluding hydrogens is 513 g/mol. The molecule has 0 radical (unpaired) electrons. The van der Waals surface area contributed by atoms with Crippen LogP contribution in [0.25, 0.3) is 0 Å². The topological polar surface area (TPSA) is 98.2 Å². The number of ether oxygens (including phenoxy) is 3. The standard InChI is InChI=1S/C22H26IN3O5/c1-5-31-19-11-16(10-18(23)21(19)30-4)13-24-26-22(28)14(2)25-20(27)12-15-6-8-17(29-3)9-7-15/h6-11,13-14H,5,12H2,1-4H3,(H,25,27)(H,26,28). The van der Waals surface area contributed by atoms with Crippen LogP contribution < -0.4 is 25.0 Å². The number of methoxy groups -OCH3 is 2. The van der Waals surface area contributed by atoms with Crippen molar-refractivity contribution in [3.05, 3.63) is 51.1 Å². The van der Waals surface area contributed by atoms with Gasteiger partial charge in [-0.05, 0) is 71.8 Å². The summed E-state index contributed by atoms with van der Waals surface area (Å²) in [5.74, 6) is 1.28. The molecule has 2 aromatic rings. The number of amides is 2. The molecule has 2 N–H and O–H groups in total. The highest BCUT2D eigenvalue weighted by Gasteiger charge is 2.15. The summed E-state index contributed by atoms with van der Waals surface area (Å²) in [6.45, 7) is 3.98. The number of nitrogens with one attached hydrogen (secondary N) is 2. The van der Waals surface area contributed by atoms with Gasteiger partial charge in [0.2, 0.25) is 5.91 Å². The second-order valence-electron chi connectivity index (χ2n) is 6.52. The summed E-state index contributed by atoms with van der Waals surface area (Å²) >= 11 is 2.14. The van der Waals surface area contributed by atoms with Crippen LogP contribution >= 0.6 is 22.6 Å². The fraction of sp³-hybridized carbons (Fsp3) is 0.318. The van der Waals surface area contributed by atoms with Crippen molar-refractivity contribution in [1.82, 2.24) is 10.7 Å². The summed E-state index contributed by atoms with van der Waals surface area (Å²) < 4.78 is 16.9. The highest BCUT2D eigenvalue weighted by Crippen LogP contribution is 2.33. The van der Waals surface area contributed by atoms with Crippen molar-refractivity contribution in [1.29, 1.82) is 0 Å². The first kappa shape index (κ1) is 24.4. The number of hydrazone groups is 1. The van der Waals surface area contributed by atoms with Crippen LogP contribution in [0.1, 0.15) is 25.0 Å². The van der Waals surface area contributed by atoms with Crippen molar-refractivity contribution < 1.29 is 23.8 Å². The van der Waals surface area contributed by atoms with E-state index in [1.807, 2.05) is 13.0 Å². The molecule has 0 aromatic heterocycles. The van der Waals surface area contributed by atoms with E-state index in [9.17, 15) is 9.59 Å². The van der Waals surface area contributed by atoms with Crippen LogP contribution in [0.3, 0.4) is 0 Å². The summed E-state index contributed by atoms with van der Waals surface area (Å²) in [6, 6.07) is 10.1. The van der Waals surface area contributed by atoms with Gasteiger partial charge in [-0.25, -0.2) is 5.43 Å². The van der Waals surface area contributed by atoms with Crippen molar-refractivity contribution >= 4 is 40.6 Å². The quantitative estimate of drug-likeness (QED) is 0.275. The summed E-state index contributed by atoms with van der Waals surface area (Å²) in [6.07, 6.45) is 1.67. The number of benzene rings is 2. The molecule has 8 nitrogen and oxygen atoms in total. The lowest BCUT2D eigenvalue weighted by Gasteiger charge is -2.13. The molecule has 0 aliphatic rings. The van der Waals surface area contributed by atoms with E-state index in [2.05, 4.69) is 38.4 Å². The lowest BCUT2D eigenvalue weighted by Crippen LogP contribution is -2.43. The number of rotatable bonds is 10. The van der Waals surface area contributed by atoms with Gasteiger partial charge in [0.05, 0.1) is 37.0 Å². The highest BCUT2D eigenvalue weighted by molar-refractivity contribution is 14.1. The lowest BCUT2D eigenvalue weighted by molar-refractivity contribution is -0.128. The van der Waals surface area contributed by atoms with Crippen molar-refractivity contribution in [2.45, 2.75) is 26.3 Å². The van der Waals surface area contributed by atoms with Gasteiger partial charge in [-0.15, -0.1) is 0 Å². The Labute approximate surface area is 195 Å². The molecule has 0 aliphatic heterocycles. The van der Waals surface area contributed by atoms with E-state index in [0.717, 1.165) is 20.4 Å². The van der Waals surface area contributed by atoms with Crippen LogP contribution in [-0.4, -0.2) is 44.9 Å². The highest BCUT2D eigenvalue weighted by atomic mass is 127. The number of carbonyl (C=O) groups is 2. The van der Waals surface area contributed by atoms with Crippen molar-refractivity contribution in [3.63, 3.8) is 0 Å². The minimum absolute atomic E-state index is 0.162. The zero-order chi connectivity index (χ0) is 22.8. The van der Waals surface area contributed by atoms with Gasteiger partial charge in [0.25, 0.3) is 5.91 Å². The van der Waals surface area contributed by atoms with E-state index < -0.39 is 11.9 Å². The first-order valence-corrected chi connectivity index (χ1v) is 10.7. The molecule has 166 valence electrons. The van der Waals surface area contributed by atoms with Crippen molar-refractivity contribution in [3.8, 4) is 17.2 Å². The SMILES string of the molecule is CCOc1cc(C=NNC(=O)C(C)NC(=O)Cc2ccc(OC)cc2)cc(I)c1OC. The number of hydrogen-bond donors (Lipinski definition) is 2. The van der Waals surface area contributed by atoms with E-state index in [1.54, 1.807) is 51.5 Å². The summed E-state index contributed by atoms with van der Waals surface area (Å²) in [7, 11) is 3.16. The molecule has 31 heavy (non-hydrogen) atoms. The third-order valence-electron chi connectivity index (χ3n) is 4.22. The minimum Gasteiger partial charge on any atom is -0.497 e. The Kier molecular flexibility index (Phi) is 9.57. The number of nitrogens with zero attached hydrogens (tertiary/aromatic N) is 1. The average molecular weight is 539 g/mol. The van der Waals surface area contributed by atoms with Gasteiger partial charge in [-0.3, -0.25) is 9.59 Å². The van der Waals surface area contributed by atoms with Gasteiger partial charge < -0.3 is 19.5 Å². The maximum atomic E-state index is 12.2. The van der Waals surface area contributed by atoms with Gasteiger partial charge in [0, 0.05) is 0 Å². The Bertz CT molecular complexity index is 931. The molecule has 2 aromatic carbocycles. The molecule has 0 saturated heterocycles. The molecule has 2 rings (SSSR count). The van der Waals surface area contributed by atoms with Crippen LogP contribution in [0.5, 0.6) is 17.2 Å². The summed E-state index contributed by atoms with van der Waals surface area (Å²) in [5.41, 5.74) is 4.00. The molecule has 2 amide bonds. The third kappa shape index (κ3) is 7.42. The van der Waals surface area contributed by atoms with Crippen molar-refractivity contribution in [2.24, 2.45) is 5.10 Å². The maximum Gasteiger partial charge on any atom is 0.262 e. The van der Waals surface area contributed by atoms with Crippen molar-refractivity contribution in [2.75, 3.05) is 20.8 Å². The fourth-order valence-electron chi connectivity index (χ4n) is 2.68. The fourth-order valence-corrected chi connectivity index (χ4v) is 3.52. The zero-order valence-electron chi connectivity index (χ0n) is 17.9. The van der Waals surface area contributed by atoms with E-state index in [-0.39, 0.29) is 12.3 Å². The molecule has 0 fully saturated rings. The number of halogens is 1.